The van der Waals surface area contributed by atoms with Gasteiger partial charge in [-0.05, 0) is 103 Å². The second kappa shape index (κ2) is 50.6. The molecule has 0 rings (SSSR count). The molecule has 0 aliphatic rings. The van der Waals surface area contributed by atoms with Gasteiger partial charge in [-0.25, -0.2) is 0 Å². The van der Waals surface area contributed by atoms with Gasteiger partial charge in [0, 0.05) is 12.8 Å². The first-order valence-electron chi connectivity index (χ1n) is 27.6. The Morgan fingerprint density at radius 3 is 1.23 bits per heavy atom. The molecule has 9 nitrogen and oxygen atoms in total. The minimum absolute atomic E-state index is 0.0409. The molecule has 2 atom stereocenters. The van der Waals surface area contributed by atoms with Crippen LogP contribution in [0.4, 0.5) is 0 Å². The van der Waals surface area contributed by atoms with E-state index in [0.29, 0.717) is 23.9 Å². The number of phosphoric ester groups is 1. The van der Waals surface area contributed by atoms with Crippen molar-refractivity contribution in [1.82, 2.24) is 0 Å². The summed E-state index contributed by atoms with van der Waals surface area (Å²) in [5, 5.41) is 0. The number of esters is 2. The highest BCUT2D eigenvalue weighted by Gasteiger charge is 2.21. The molecule has 2 unspecified atom stereocenters. The molecule has 0 aromatic heterocycles. The summed E-state index contributed by atoms with van der Waals surface area (Å²) in [6.45, 7) is 4.07. The summed E-state index contributed by atoms with van der Waals surface area (Å²) in [4.78, 5) is 37.8. The number of hydrogen-bond acceptors (Lipinski definition) is 8. The lowest BCUT2D eigenvalue weighted by Crippen LogP contribution is -2.37. The zero-order chi connectivity index (χ0) is 51.3. The first kappa shape index (κ1) is 66.7. The molecule has 0 aromatic rings. The molecule has 0 aliphatic carbocycles. The fraction of sp³-hybridized carbons (Fsp3) is 0.667. The zero-order valence-corrected chi connectivity index (χ0v) is 46.1. The molecule has 0 saturated carbocycles. The van der Waals surface area contributed by atoms with Crippen LogP contribution in [0.15, 0.2) is 109 Å². The van der Waals surface area contributed by atoms with Crippen molar-refractivity contribution in [2.45, 2.75) is 213 Å². The number of carbonyl (C=O) groups is 2. The predicted octanol–water partition coefficient (Wildman–Crippen LogP) is 16.4. The van der Waals surface area contributed by atoms with Gasteiger partial charge < -0.3 is 27.9 Å². The van der Waals surface area contributed by atoms with E-state index in [-0.39, 0.29) is 26.1 Å². The second-order valence-electron chi connectivity index (χ2n) is 19.2. The minimum atomic E-state index is -4.65. The molecule has 0 fully saturated rings. The van der Waals surface area contributed by atoms with Crippen molar-refractivity contribution >= 4 is 19.8 Å². The SMILES string of the molecule is CC/C=C\C/C=C\C/C=C\C/C=C\C/C=C\C/C=C\C/C=C\C/C=C\CCCCCCCCC(=O)OC(COC(=O)CCCCCCC/C=C\CCCCCCCC)COP(=O)([O-])OCC[N+](C)(C)C. The molecular formula is C60H102NO8P. The van der Waals surface area contributed by atoms with Crippen molar-refractivity contribution in [3.05, 3.63) is 109 Å². The quantitative estimate of drug-likeness (QED) is 0.0195. The minimum Gasteiger partial charge on any atom is -0.756 e. The molecule has 0 spiro atoms. The van der Waals surface area contributed by atoms with E-state index in [1.807, 2.05) is 21.1 Å². The van der Waals surface area contributed by atoms with E-state index in [1.165, 1.54) is 44.9 Å². The van der Waals surface area contributed by atoms with Gasteiger partial charge in [0.1, 0.15) is 19.8 Å². The van der Waals surface area contributed by atoms with E-state index in [1.54, 1.807) is 0 Å². The maximum Gasteiger partial charge on any atom is 0.306 e. The number of likely N-dealkylation sites (N-methyl/N-ethyl adjacent to an activating group) is 1. The first-order chi connectivity index (χ1) is 34.0. The molecule has 0 bridgehead atoms. The molecule has 0 heterocycles. The van der Waals surface area contributed by atoms with Gasteiger partial charge in [0.15, 0.2) is 6.10 Å². The smallest absolute Gasteiger partial charge is 0.306 e. The largest absolute Gasteiger partial charge is 0.756 e. The summed E-state index contributed by atoms with van der Waals surface area (Å²) in [6, 6.07) is 0. The van der Waals surface area contributed by atoms with Crippen LogP contribution in [-0.2, 0) is 32.7 Å². The number of carbonyl (C=O) groups excluding carboxylic acids is 2. The van der Waals surface area contributed by atoms with Crippen molar-refractivity contribution in [2.24, 2.45) is 0 Å². The third kappa shape index (κ3) is 54.0. The third-order valence-electron chi connectivity index (χ3n) is 11.3. The Morgan fingerprint density at radius 2 is 0.814 bits per heavy atom. The average molecular weight is 996 g/mol. The number of rotatable bonds is 49. The fourth-order valence-corrected chi connectivity index (χ4v) is 7.75. The number of ether oxygens (including phenoxy) is 2. The number of phosphoric acid groups is 1. The van der Waals surface area contributed by atoms with Gasteiger partial charge in [-0.3, -0.25) is 14.2 Å². The number of unbranched alkanes of at least 4 members (excludes halogenated alkanes) is 17. The van der Waals surface area contributed by atoms with Gasteiger partial charge in [0.25, 0.3) is 7.82 Å². The number of hydrogen-bond donors (Lipinski definition) is 0. The molecule has 400 valence electrons. The summed E-state index contributed by atoms with van der Waals surface area (Å²) < 4.78 is 34.0. The van der Waals surface area contributed by atoms with Gasteiger partial charge in [0.2, 0.25) is 0 Å². The maximum atomic E-state index is 12.8. The van der Waals surface area contributed by atoms with E-state index >= 15 is 0 Å². The molecular weight excluding hydrogens is 894 g/mol. The van der Waals surface area contributed by atoms with Crippen LogP contribution in [0, 0.1) is 0 Å². The van der Waals surface area contributed by atoms with Crippen LogP contribution >= 0.6 is 7.82 Å². The van der Waals surface area contributed by atoms with E-state index in [9.17, 15) is 19.0 Å². The second-order valence-corrected chi connectivity index (χ2v) is 20.6. The monoisotopic (exact) mass is 996 g/mol. The Labute approximate surface area is 429 Å². The highest BCUT2D eigenvalue weighted by Crippen LogP contribution is 2.38. The molecule has 0 aliphatic heterocycles. The molecule has 0 amide bonds. The van der Waals surface area contributed by atoms with Crippen molar-refractivity contribution in [3.63, 3.8) is 0 Å². The van der Waals surface area contributed by atoms with Crippen molar-refractivity contribution in [3.8, 4) is 0 Å². The average Bonchev–Trinajstić information content (AvgIpc) is 3.32. The molecule has 0 aromatic carbocycles. The van der Waals surface area contributed by atoms with E-state index in [0.717, 1.165) is 122 Å². The lowest BCUT2D eigenvalue weighted by Gasteiger charge is -2.28. The van der Waals surface area contributed by atoms with Gasteiger partial charge in [0.05, 0.1) is 27.7 Å². The van der Waals surface area contributed by atoms with E-state index < -0.39 is 32.5 Å². The lowest BCUT2D eigenvalue weighted by atomic mass is 10.1. The maximum absolute atomic E-state index is 12.8. The third-order valence-corrected chi connectivity index (χ3v) is 12.2. The van der Waals surface area contributed by atoms with E-state index in [4.69, 9.17) is 18.5 Å². The number of nitrogens with zero attached hydrogens (tertiary/aromatic N) is 1. The lowest BCUT2D eigenvalue weighted by molar-refractivity contribution is -0.870. The normalized spacial score (nSPS) is 14.2. The Hall–Kier alpha value is -3.33. The van der Waals surface area contributed by atoms with Crippen LogP contribution in [0.2, 0.25) is 0 Å². The molecule has 0 saturated heterocycles. The molecule has 0 N–H and O–H groups in total. The standard InChI is InChI=1S/C60H102NO8P/c1-6-8-10-12-14-16-18-20-22-23-24-25-26-27-28-29-30-31-32-33-34-35-36-37-39-41-43-45-47-49-51-53-60(63)69-58(57-68-70(64,65)67-55-54-61(3,4)5)56-66-59(62)52-50-48-46-44-42-40-38-21-19-17-15-13-11-9-7-2/h8,10,14,16,20-22,24-25,27-28,30-31,33-34,36-38,58H,6-7,9,11-13,15,17-19,23,26,29,32,35,39-57H2,1-5H3/b10-8-,16-14-,22-20-,25-24-,28-27-,31-30-,34-33-,37-36-,38-21-. The van der Waals surface area contributed by atoms with Crippen LogP contribution in [0.5, 0.6) is 0 Å². The molecule has 0 radical (unpaired) electrons. The van der Waals surface area contributed by atoms with Crippen LogP contribution in [0.1, 0.15) is 206 Å². The summed E-state index contributed by atoms with van der Waals surface area (Å²) >= 11 is 0. The summed E-state index contributed by atoms with van der Waals surface area (Å²) in [5.74, 6) is -0.867. The Kier molecular flexibility index (Phi) is 48.2. The van der Waals surface area contributed by atoms with Gasteiger partial charge >= 0.3 is 11.9 Å². The van der Waals surface area contributed by atoms with Crippen molar-refractivity contribution in [1.29, 1.82) is 0 Å². The number of quaternary nitrogens is 1. The Balaban J connectivity index is 4.25. The van der Waals surface area contributed by atoms with Crippen LogP contribution in [0.3, 0.4) is 0 Å². The van der Waals surface area contributed by atoms with Gasteiger partial charge in [-0.1, -0.05) is 200 Å². The van der Waals surface area contributed by atoms with Crippen LogP contribution in [-0.4, -0.2) is 70.0 Å². The Morgan fingerprint density at radius 1 is 0.457 bits per heavy atom. The molecule has 70 heavy (non-hydrogen) atoms. The molecule has 10 heteroatoms. The fourth-order valence-electron chi connectivity index (χ4n) is 7.02. The van der Waals surface area contributed by atoms with Gasteiger partial charge in [-0.2, -0.15) is 0 Å². The summed E-state index contributed by atoms with van der Waals surface area (Å²) in [7, 11) is 1.14. The first-order valence-corrected chi connectivity index (χ1v) is 29.1. The highest BCUT2D eigenvalue weighted by molar-refractivity contribution is 7.45. The van der Waals surface area contributed by atoms with Crippen molar-refractivity contribution in [2.75, 3.05) is 47.5 Å². The predicted molar refractivity (Wildman–Crippen MR) is 295 cm³/mol. The van der Waals surface area contributed by atoms with Crippen molar-refractivity contribution < 1.29 is 42.1 Å². The Bertz CT molecular complexity index is 1550. The summed E-state index contributed by atoms with van der Waals surface area (Å²) in [5.41, 5.74) is 0. The van der Waals surface area contributed by atoms with Gasteiger partial charge in [-0.15, -0.1) is 0 Å². The van der Waals surface area contributed by atoms with Crippen LogP contribution in [0.25, 0.3) is 0 Å². The zero-order valence-electron chi connectivity index (χ0n) is 45.2. The van der Waals surface area contributed by atoms with Crippen LogP contribution < -0.4 is 4.89 Å². The summed E-state index contributed by atoms with van der Waals surface area (Å²) in [6.07, 6.45) is 69.8. The topological polar surface area (TPSA) is 111 Å². The highest BCUT2D eigenvalue weighted by atomic mass is 31.2. The number of allylic oxidation sites excluding steroid dienone is 18. The van der Waals surface area contributed by atoms with E-state index in [2.05, 4.69) is 123 Å².